The Morgan fingerprint density at radius 3 is 2.44 bits per heavy atom. The van der Waals surface area contributed by atoms with Crippen LogP contribution in [0.15, 0.2) is 42.0 Å². The fourth-order valence-electron chi connectivity index (χ4n) is 1.80. The van der Waals surface area contributed by atoms with E-state index in [1.54, 1.807) is 11.3 Å². The maximum Gasteiger partial charge on any atom is 0.124 e. The summed E-state index contributed by atoms with van der Waals surface area (Å²) in [5.74, 6) is 0. The average Bonchev–Trinajstić information content (AvgIpc) is 2.58. The van der Waals surface area contributed by atoms with E-state index < -0.39 is 0 Å². The first-order valence-electron chi connectivity index (χ1n) is 5.29. The molecule has 0 aliphatic rings. The number of hydrogen-bond acceptors (Lipinski definition) is 2. The van der Waals surface area contributed by atoms with Gasteiger partial charge in [0, 0.05) is 5.57 Å². The molecule has 1 aromatic carbocycles. The molecule has 0 saturated carbocycles. The summed E-state index contributed by atoms with van der Waals surface area (Å²) in [7, 11) is 0. The molecule has 0 saturated heterocycles. The number of rotatable bonds is 2. The molecule has 0 aliphatic carbocycles. The van der Waals surface area contributed by atoms with Gasteiger partial charge in [0.2, 0.25) is 0 Å². The fraction of sp³-hybridized carbons (Fsp3) is 0.214. The number of para-hydroxylation sites is 1. The molecule has 0 unspecified atom stereocenters. The molecule has 0 N–H and O–H groups in total. The van der Waals surface area contributed by atoms with Crippen LogP contribution >= 0.6 is 11.3 Å². The molecule has 1 aromatic heterocycles. The van der Waals surface area contributed by atoms with Crippen LogP contribution in [0.3, 0.4) is 0 Å². The number of nitrogens with zero attached hydrogens (tertiary/aromatic N) is 1. The van der Waals surface area contributed by atoms with Gasteiger partial charge < -0.3 is 0 Å². The Morgan fingerprint density at radius 2 is 1.88 bits per heavy atom. The van der Waals surface area contributed by atoms with Crippen LogP contribution in [0.1, 0.15) is 25.8 Å². The second kappa shape index (κ2) is 4.22. The molecule has 0 fully saturated rings. The molecule has 82 valence electrons. The highest BCUT2D eigenvalue weighted by atomic mass is 32.1. The van der Waals surface area contributed by atoms with Gasteiger partial charge >= 0.3 is 0 Å². The average molecular weight is 229 g/mol. The molecule has 2 heteroatoms. The summed E-state index contributed by atoms with van der Waals surface area (Å²) in [6.07, 6.45) is 0. The molecule has 0 aliphatic heterocycles. The van der Waals surface area contributed by atoms with Gasteiger partial charge in [-0.05, 0) is 38.5 Å². The summed E-state index contributed by atoms with van der Waals surface area (Å²) in [4.78, 5) is 4.66. The predicted molar refractivity (Wildman–Crippen MR) is 72.7 cm³/mol. The molecule has 16 heavy (non-hydrogen) atoms. The van der Waals surface area contributed by atoms with E-state index in [4.69, 9.17) is 0 Å². The van der Waals surface area contributed by atoms with E-state index >= 15 is 0 Å². The van der Waals surface area contributed by atoms with Crippen LogP contribution in [-0.2, 0) is 0 Å². The highest BCUT2D eigenvalue weighted by Gasteiger charge is 2.10. The van der Waals surface area contributed by atoms with Crippen LogP contribution in [0.2, 0.25) is 0 Å². The van der Waals surface area contributed by atoms with Crippen LogP contribution in [0.4, 0.5) is 0 Å². The standard InChI is InChI=1S/C14H15NS/c1-9(2)13(10(3)4)14-15-11-7-5-6-8-12(11)16-14/h5-8H,1H2,2-4H3. The minimum Gasteiger partial charge on any atom is -0.236 e. The van der Waals surface area contributed by atoms with Crippen molar-refractivity contribution in [1.82, 2.24) is 4.98 Å². The van der Waals surface area contributed by atoms with Crippen LogP contribution < -0.4 is 0 Å². The molecule has 0 bridgehead atoms. The van der Waals surface area contributed by atoms with Crippen LogP contribution in [0.25, 0.3) is 15.8 Å². The third-order valence-electron chi connectivity index (χ3n) is 2.43. The molecule has 0 amide bonds. The highest BCUT2D eigenvalue weighted by molar-refractivity contribution is 7.19. The smallest absolute Gasteiger partial charge is 0.124 e. The maximum atomic E-state index is 4.66. The van der Waals surface area contributed by atoms with Gasteiger partial charge in [-0.1, -0.05) is 24.3 Å². The first-order chi connectivity index (χ1) is 7.59. The first-order valence-corrected chi connectivity index (χ1v) is 6.10. The van der Waals surface area contributed by atoms with E-state index in [-0.39, 0.29) is 0 Å². The SMILES string of the molecule is C=C(C)C(=C(C)C)c1nc2ccccc2s1. The Balaban J connectivity index is 2.63. The lowest BCUT2D eigenvalue weighted by atomic mass is 10.1. The summed E-state index contributed by atoms with van der Waals surface area (Å²) < 4.78 is 1.23. The van der Waals surface area contributed by atoms with Crippen molar-refractivity contribution in [2.45, 2.75) is 20.8 Å². The monoisotopic (exact) mass is 229 g/mol. The van der Waals surface area contributed by atoms with Gasteiger partial charge in [0.15, 0.2) is 0 Å². The van der Waals surface area contributed by atoms with Crippen LogP contribution in [0, 0.1) is 0 Å². The van der Waals surface area contributed by atoms with Crippen molar-refractivity contribution in [1.29, 1.82) is 0 Å². The van der Waals surface area contributed by atoms with Gasteiger partial charge in [-0.15, -0.1) is 11.3 Å². The van der Waals surface area contributed by atoms with Crippen molar-refractivity contribution < 1.29 is 0 Å². The van der Waals surface area contributed by atoms with Crippen molar-refractivity contribution in [3.05, 3.63) is 47.0 Å². The summed E-state index contributed by atoms with van der Waals surface area (Å²) >= 11 is 1.73. The molecule has 2 rings (SSSR count). The third-order valence-corrected chi connectivity index (χ3v) is 3.49. The van der Waals surface area contributed by atoms with Gasteiger partial charge in [-0.25, -0.2) is 4.98 Å². The van der Waals surface area contributed by atoms with Crippen molar-refractivity contribution in [3.63, 3.8) is 0 Å². The summed E-state index contributed by atoms with van der Waals surface area (Å²) in [5.41, 5.74) is 4.62. The zero-order valence-electron chi connectivity index (χ0n) is 9.87. The van der Waals surface area contributed by atoms with Gasteiger partial charge in [0.05, 0.1) is 10.2 Å². The van der Waals surface area contributed by atoms with Crippen molar-refractivity contribution in [3.8, 4) is 0 Å². The highest BCUT2D eigenvalue weighted by Crippen LogP contribution is 2.32. The predicted octanol–water partition coefficient (Wildman–Crippen LogP) is 4.67. The summed E-state index contributed by atoms with van der Waals surface area (Å²) in [6.45, 7) is 10.3. The van der Waals surface area contributed by atoms with E-state index in [2.05, 4.69) is 37.5 Å². The van der Waals surface area contributed by atoms with Crippen molar-refractivity contribution >= 4 is 27.1 Å². The maximum absolute atomic E-state index is 4.66. The molecule has 0 atom stereocenters. The molecular formula is C14H15NS. The van der Waals surface area contributed by atoms with Gasteiger partial charge in [0.1, 0.15) is 5.01 Å². The molecular weight excluding hydrogens is 214 g/mol. The number of hydrogen-bond donors (Lipinski definition) is 0. The summed E-state index contributed by atoms with van der Waals surface area (Å²) in [6, 6.07) is 8.23. The number of fused-ring (bicyclic) bond motifs is 1. The zero-order valence-corrected chi connectivity index (χ0v) is 10.7. The minimum absolute atomic E-state index is 1.07. The number of allylic oxidation sites excluding steroid dienone is 3. The number of aromatic nitrogens is 1. The molecule has 1 heterocycles. The second-order valence-electron chi connectivity index (χ2n) is 4.14. The van der Waals surface area contributed by atoms with Gasteiger partial charge in [-0.2, -0.15) is 0 Å². The molecule has 0 spiro atoms. The lowest BCUT2D eigenvalue weighted by molar-refractivity contribution is 1.33. The Labute approximate surface area is 100 Å². The number of thiazole rings is 1. The van der Waals surface area contributed by atoms with Crippen LogP contribution in [-0.4, -0.2) is 4.98 Å². The third kappa shape index (κ3) is 1.93. The normalized spacial score (nSPS) is 10.4. The molecule has 0 radical (unpaired) electrons. The largest absolute Gasteiger partial charge is 0.236 e. The van der Waals surface area contributed by atoms with E-state index in [0.717, 1.165) is 16.1 Å². The Bertz CT molecular complexity index is 538. The Hall–Kier alpha value is -1.41. The van der Waals surface area contributed by atoms with E-state index in [1.807, 2.05) is 19.1 Å². The van der Waals surface area contributed by atoms with E-state index in [9.17, 15) is 0 Å². The number of benzene rings is 1. The topological polar surface area (TPSA) is 12.9 Å². The zero-order chi connectivity index (χ0) is 11.7. The van der Waals surface area contributed by atoms with E-state index in [0.29, 0.717) is 0 Å². The van der Waals surface area contributed by atoms with Crippen LogP contribution in [0.5, 0.6) is 0 Å². The lowest BCUT2D eigenvalue weighted by Crippen LogP contribution is -1.87. The lowest BCUT2D eigenvalue weighted by Gasteiger charge is -2.05. The van der Waals surface area contributed by atoms with Gasteiger partial charge in [-0.3, -0.25) is 0 Å². The van der Waals surface area contributed by atoms with Crippen molar-refractivity contribution in [2.75, 3.05) is 0 Å². The first kappa shape index (κ1) is 11.1. The molecule has 2 aromatic rings. The summed E-state index contributed by atoms with van der Waals surface area (Å²) in [5, 5.41) is 1.08. The Morgan fingerprint density at radius 1 is 1.19 bits per heavy atom. The Kier molecular flexibility index (Phi) is 2.92. The van der Waals surface area contributed by atoms with E-state index in [1.165, 1.54) is 15.8 Å². The van der Waals surface area contributed by atoms with Gasteiger partial charge in [0.25, 0.3) is 0 Å². The second-order valence-corrected chi connectivity index (χ2v) is 5.17. The quantitative estimate of drug-likeness (QED) is 0.682. The fourth-order valence-corrected chi connectivity index (χ4v) is 3.00. The van der Waals surface area contributed by atoms with Crippen molar-refractivity contribution in [2.24, 2.45) is 0 Å². The minimum atomic E-state index is 1.07. The molecule has 1 nitrogen and oxygen atoms in total.